The van der Waals surface area contributed by atoms with Gasteiger partial charge in [-0.3, -0.25) is 4.79 Å². The fourth-order valence-electron chi connectivity index (χ4n) is 3.18. The first kappa shape index (κ1) is 13.4. The van der Waals surface area contributed by atoms with Gasteiger partial charge in [0.1, 0.15) is 18.3 Å². The van der Waals surface area contributed by atoms with Crippen LogP contribution in [0.25, 0.3) is 0 Å². The van der Waals surface area contributed by atoms with E-state index in [4.69, 9.17) is 4.74 Å². The van der Waals surface area contributed by atoms with Crippen molar-refractivity contribution < 1.29 is 9.53 Å². The SMILES string of the molecule is CN(C(=O)C1COc2ccccc21)C1CCCNCC1. The van der Waals surface area contributed by atoms with Crippen LogP contribution >= 0.6 is 0 Å². The zero-order chi connectivity index (χ0) is 13.9. The number of rotatable bonds is 2. The van der Waals surface area contributed by atoms with E-state index in [0.29, 0.717) is 12.6 Å². The maximum atomic E-state index is 12.7. The Hall–Kier alpha value is -1.55. The summed E-state index contributed by atoms with van der Waals surface area (Å²) in [5.41, 5.74) is 1.04. The third-order valence-corrected chi connectivity index (χ3v) is 4.44. The number of nitrogens with one attached hydrogen (secondary N) is 1. The first-order valence-electron chi connectivity index (χ1n) is 7.46. The van der Waals surface area contributed by atoms with E-state index in [9.17, 15) is 4.79 Å². The minimum absolute atomic E-state index is 0.132. The van der Waals surface area contributed by atoms with Gasteiger partial charge in [0.2, 0.25) is 5.91 Å². The molecule has 4 heteroatoms. The molecule has 1 aromatic rings. The van der Waals surface area contributed by atoms with Gasteiger partial charge in [0.25, 0.3) is 0 Å². The van der Waals surface area contributed by atoms with Crippen LogP contribution in [0.1, 0.15) is 30.7 Å². The fourth-order valence-corrected chi connectivity index (χ4v) is 3.18. The average molecular weight is 274 g/mol. The number of amides is 1. The molecular formula is C16H22N2O2. The number of carbonyl (C=O) groups is 1. The molecule has 0 bridgehead atoms. The van der Waals surface area contributed by atoms with Crippen LogP contribution in [-0.2, 0) is 4.79 Å². The van der Waals surface area contributed by atoms with Gasteiger partial charge in [-0.2, -0.15) is 0 Å². The largest absolute Gasteiger partial charge is 0.492 e. The number of ether oxygens (including phenoxy) is 1. The first-order chi connectivity index (χ1) is 9.77. The third kappa shape index (κ3) is 2.52. The van der Waals surface area contributed by atoms with E-state index >= 15 is 0 Å². The molecule has 1 amide bonds. The summed E-state index contributed by atoms with van der Waals surface area (Å²) in [5.74, 6) is 0.927. The van der Waals surface area contributed by atoms with Gasteiger partial charge in [-0.25, -0.2) is 0 Å². The van der Waals surface area contributed by atoms with Gasteiger partial charge in [0.05, 0.1) is 0 Å². The van der Waals surface area contributed by atoms with Crippen molar-refractivity contribution in [2.24, 2.45) is 0 Å². The summed E-state index contributed by atoms with van der Waals surface area (Å²) in [6, 6.07) is 8.23. The molecular weight excluding hydrogens is 252 g/mol. The van der Waals surface area contributed by atoms with Crippen LogP contribution in [-0.4, -0.2) is 43.6 Å². The lowest BCUT2D eigenvalue weighted by Crippen LogP contribution is -2.40. The summed E-state index contributed by atoms with van der Waals surface area (Å²) in [7, 11) is 1.94. The molecule has 2 atom stereocenters. The van der Waals surface area contributed by atoms with Crippen molar-refractivity contribution in [2.45, 2.75) is 31.2 Å². The quantitative estimate of drug-likeness (QED) is 0.893. The van der Waals surface area contributed by atoms with Crippen molar-refractivity contribution >= 4 is 5.91 Å². The maximum Gasteiger partial charge on any atom is 0.233 e. The molecule has 0 aromatic heterocycles. The van der Waals surface area contributed by atoms with Gasteiger partial charge >= 0.3 is 0 Å². The Morgan fingerprint density at radius 2 is 2.15 bits per heavy atom. The van der Waals surface area contributed by atoms with Gasteiger partial charge < -0.3 is 15.0 Å². The Balaban J connectivity index is 1.72. The highest BCUT2D eigenvalue weighted by Crippen LogP contribution is 2.35. The van der Waals surface area contributed by atoms with Crippen molar-refractivity contribution in [1.82, 2.24) is 10.2 Å². The number of hydrogen-bond donors (Lipinski definition) is 1. The number of fused-ring (bicyclic) bond motifs is 1. The molecule has 2 unspecified atom stereocenters. The second kappa shape index (κ2) is 5.83. The first-order valence-corrected chi connectivity index (χ1v) is 7.46. The molecule has 1 N–H and O–H groups in total. The normalized spacial score (nSPS) is 25.4. The van der Waals surface area contributed by atoms with Crippen LogP contribution in [0.4, 0.5) is 0 Å². The molecule has 4 nitrogen and oxygen atoms in total. The van der Waals surface area contributed by atoms with E-state index in [1.807, 2.05) is 36.2 Å². The number of likely N-dealkylation sites (N-methyl/N-ethyl adjacent to an activating group) is 1. The van der Waals surface area contributed by atoms with E-state index in [0.717, 1.165) is 43.7 Å². The maximum absolute atomic E-state index is 12.7. The average Bonchev–Trinajstić information content (AvgIpc) is 2.72. The lowest BCUT2D eigenvalue weighted by molar-refractivity contribution is -0.134. The highest BCUT2D eigenvalue weighted by atomic mass is 16.5. The minimum Gasteiger partial charge on any atom is -0.492 e. The molecule has 1 aromatic carbocycles. The summed E-state index contributed by atoms with van der Waals surface area (Å²) in [5, 5.41) is 3.39. The molecule has 20 heavy (non-hydrogen) atoms. The molecule has 2 aliphatic heterocycles. The third-order valence-electron chi connectivity index (χ3n) is 4.44. The summed E-state index contributed by atoms with van der Waals surface area (Å²) < 4.78 is 5.63. The van der Waals surface area contributed by atoms with E-state index in [2.05, 4.69) is 5.32 Å². The Morgan fingerprint density at radius 1 is 1.30 bits per heavy atom. The standard InChI is InChI=1S/C16H22N2O2/c1-18(12-5-4-9-17-10-8-12)16(19)14-11-20-15-7-3-2-6-13(14)15/h2-3,6-7,12,14,17H,4-5,8-11H2,1H3. The van der Waals surface area contributed by atoms with E-state index in [1.165, 1.54) is 0 Å². The van der Waals surface area contributed by atoms with Gasteiger partial charge in [-0.05, 0) is 38.4 Å². The lowest BCUT2D eigenvalue weighted by Gasteiger charge is -2.29. The number of para-hydroxylation sites is 1. The number of carbonyl (C=O) groups excluding carboxylic acids is 1. The molecule has 0 saturated carbocycles. The molecule has 0 aliphatic carbocycles. The van der Waals surface area contributed by atoms with Crippen LogP contribution in [0, 0.1) is 0 Å². The predicted molar refractivity (Wildman–Crippen MR) is 78.0 cm³/mol. The van der Waals surface area contributed by atoms with Gasteiger partial charge in [0.15, 0.2) is 0 Å². The second-order valence-corrected chi connectivity index (χ2v) is 5.69. The molecule has 108 valence electrons. The zero-order valence-corrected chi connectivity index (χ0v) is 12.0. The number of nitrogens with zero attached hydrogens (tertiary/aromatic N) is 1. The second-order valence-electron chi connectivity index (χ2n) is 5.69. The van der Waals surface area contributed by atoms with Crippen LogP contribution in [0.15, 0.2) is 24.3 Å². The number of hydrogen-bond acceptors (Lipinski definition) is 3. The molecule has 2 heterocycles. The van der Waals surface area contributed by atoms with E-state index in [-0.39, 0.29) is 11.8 Å². The van der Waals surface area contributed by atoms with Gasteiger partial charge in [-0.1, -0.05) is 18.2 Å². The van der Waals surface area contributed by atoms with Crippen molar-refractivity contribution in [3.05, 3.63) is 29.8 Å². The minimum atomic E-state index is -0.132. The predicted octanol–water partition coefficient (Wildman–Crippen LogP) is 1.76. The Morgan fingerprint density at radius 3 is 3.05 bits per heavy atom. The van der Waals surface area contributed by atoms with Gasteiger partial charge in [0, 0.05) is 18.7 Å². The summed E-state index contributed by atoms with van der Waals surface area (Å²) in [4.78, 5) is 14.7. The van der Waals surface area contributed by atoms with Crippen LogP contribution < -0.4 is 10.1 Å². The van der Waals surface area contributed by atoms with Crippen LogP contribution in [0.5, 0.6) is 5.75 Å². The van der Waals surface area contributed by atoms with Crippen molar-refractivity contribution in [1.29, 1.82) is 0 Å². The molecule has 1 fully saturated rings. The van der Waals surface area contributed by atoms with Crippen molar-refractivity contribution in [3.63, 3.8) is 0 Å². The highest BCUT2D eigenvalue weighted by molar-refractivity contribution is 5.85. The lowest BCUT2D eigenvalue weighted by atomic mass is 9.98. The monoisotopic (exact) mass is 274 g/mol. The summed E-state index contributed by atoms with van der Waals surface area (Å²) in [6.07, 6.45) is 3.27. The van der Waals surface area contributed by atoms with Crippen LogP contribution in [0.3, 0.4) is 0 Å². The molecule has 3 rings (SSSR count). The Labute approximate surface area is 120 Å². The smallest absolute Gasteiger partial charge is 0.233 e. The Kier molecular flexibility index (Phi) is 3.92. The molecule has 2 aliphatic rings. The summed E-state index contributed by atoms with van der Waals surface area (Å²) >= 11 is 0. The van der Waals surface area contributed by atoms with E-state index < -0.39 is 0 Å². The molecule has 0 spiro atoms. The van der Waals surface area contributed by atoms with Crippen molar-refractivity contribution in [3.8, 4) is 5.75 Å². The van der Waals surface area contributed by atoms with Crippen molar-refractivity contribution in [2.75, 3.05) is 26.7 Å². The molecule has 0 radical (unpaired) electrons. The summed E-state index contributed by atoms with van der Waals surface area (Å²) in [6.45, 7) is 2.54. The molecule has 1 saturated heterocycles. The van der Waals surface area contributed by atoms with E-state index in [1.54, 1.807) is 0 Å². The topological polar surface area (TPSA) is 41.6 Å². The number of benzene rings is 1. The zero-order valence-electron chi connectivity index (χ0n) is 12.0. The fraction of sp³-hybridized carbons (Fsp3) is 0.562. The van der Waals surface area contributed by atoms with Crippen LogP contribution in [0.2, 0.25) is 0 Å². The van der Waals surface area contributed by atoms with Gasteiger partial charge in [-0.15, -0.1) is 0 Å². The highest BCUT2D eigenvalue weighted by Gasteiger charge is 2.34. The Bertz CT molecular complexity index is 481.